The van der Waals surface area contributed by atoms with Crippen LogP contribution in [0.1, 0.15) is 54.7 Å². The van der Waals surface area contributed by atoms with E-state index in [2.05, 4.69) is 5.32 Å². The van der Waals surface area contributed by atoms with Crippen molar-refractivity contribution in [3.63, 3.8) is 0 Å². The summed E-state index contributed by atoms with van der Waals surface area (Å²) in [5.74, 6) is -0.163. The molecule has 1 saturated heterocycles. The number of rotatable bonds is 7. The number of hydrogen-bond donors (Lipinski definition) is 1. The van der Waals surface area contributed by atoms with Crippen LogP contribution in [0.15, 0.2) is 72.8 Å². The van der Waals surface area contributed by atoms with E-state index in [-0.39, 0.29) is 5.91 Å². The highest BCUT2D eigenvalue weighted by molar-refractivity contribution is 6.62. The van der Waals surface area contributed by atoms with Crippen LogP contribution < -0.4 is 10.8 Å². The van der Waals surface area contributed by atoms with Gasteiger partial charge in [-0.05, 0) is 75.0 Å². The van der Waals surface area contributed by atoms with Crippen molar-refractivity contribution in [1.82, 2.24) is 0 Å². The Balaban J connectivity index is 1.38. The van der Waals surface area contributed by atoms with Crippen molar-refractivity contribution in [2.45, 2.75) is 59.0 Å². The second-order valence-electron chi connectivity index (χ2n) is 9.79. The average molecular weight is 457 g/mol. The number of benzene rings is 3. The molecule has 1 aliphatic heterocycles. The summed E-state index contributed by atoms with van der Waals surface area (Å²) in [5, 5.41) is 3.00. The second-order valence-corrected chi connectivity index (χ2v) is 9.79. The van der Waals surface area contributed by atoms with Gasteiger partial charge in [0, 0.05) is 11.3 Å². The van der Waals surface area contributed by atoms with Gasteiger partial charge in [-0.15, -0.1) is 0 Å². The Morgan fingerprint density at radius 1 is 0.853 bits per heavy atom. The highest BCUT2D eigenvalue weighted by Crippen LogP contribution is 2.36. The SMILES string of the molecule is Cc1ccc(B2OC(C)(C)C(C)(C)O2)cc1C(=O)Nc1ccc(COCc2ccccc2)cc1. The topological polar surface area (TPSA) is 56.8 Å². The maximum absolute atomic E-state index is 13.1. The molecule has 0 saturated carbocycles. The average Bonchev–Trinajstić information content (AvgIpc) is 3.02. The second kappa shape index (κ2) is 9.75. The molecule has 3 aromatic carbocycles. The van der Waals surface area contributed by atoms with Gasteiger partial charge >= 0.3 is 7.12 Å². The minimum atomic E-state index is -0.507. The summed E-state index contributed by atoms with van der Waals surface area (Å²) in [4.78, 5) is 13.1. The quantitative estimate of drug-likeness (QED) is 0.492. The Kier molecular flexibility index (Phi) is 6.94. The van der Waals surface area contributed by atoms with Gasteiger partial charge in [-0.3, -0.25) is 4.79 Å². The Bertz CT molecular complexity index is 1130. The lowest BCUT2D eigenvalue weighted by Gasteiger charge is -2.32. The molecule has 0 spiro atoms. The Morgan fingerprint density at radius 2 is 1.44 bits per heavy atom. The van der Waals surface area contributed by atoms with Crippen LogP contribution in [0.25, 0.3) is 0 Å². The largest absolute Gasteiger partial charge is 0.494 e. The van der Waals surface area contributed by atoms with Crippen molar-refractivity contribution in [3.8, 4) is 0 Å². The third kappa shape index (κ3) is 5.41. The highest BCUT2D eigenvalue weighted by atomic mass is 16.7. The van der Waals surface area contributed by atoms with E-state index in [1.54, 1.807) is 0 Å². The summed E-state index contributed by atoms with van der Waals surface area (Å²) in [6, 6.07) is 23.6. The van der Waals surface area contributed by atoms with Crippen LogP contribution >= 0.6 is 0 Å². The molecule has 4 rings (SSSR count). The monoisotopic (exact) mass is 457 g/mol. The molecule has 3 aromatic rings. The van der Waals surface area contributed by atoms with Crippen LogP contribution in [0.5, 0.6) is 0 Å². The van der Waals surface area contributed by atoms with Crippen molar-refractivity contribution in [2.24, 2.45) is 0 Å². The van der Waals surface area contributed by atoms with Crippen molar-refractivity contribution in [2.75, 3.05) is 5.32 Å². The molecule has 5 nitrogen and oxygen atoms in total. The van der Waals surface area contributed by atoms with Gasteiger partial charge in [0.25, 0.3) is 5.91 Å². The van der Waals surface area contributed by atoms with E-state index in [1.807, 2.05) is 107 Å². The van der Waals surface area contributed by atoms with Gasteiger partial charge in [-0.1, -0.05) is 54.6 Å². The molecule has 0 aliphatic carbocycles. The zero-order valence-corrected chi connectivity index (χ0v) is 20.6. The molecule has 1 N–H and O–H groups in total. The molecule has 1 fully saturated rings. The van der Waals surface area contributed by atoms with Crippen LogP contribution in [0.2, 0.25) is 0 Å². The number of nitrogens with one attached hydrogen (secondary N) is 1. The molecule has 0 aromatic heterocycles. The smallest absolute Gasteiger partial charge is 0.399 e. The molecule has 176 valence electrons. The zero-order valence-electron chi connectivity index (χ0n) is 20.6. The lowest BCUT2D eigenvalue weighted by molar-refractivity contribution is 0.00578. The molecule has 0 unspecified atom stereocenters. The fourth-order valence-corrected chi connectivity index (χ4v) is 3.75. The normalized spacial score (nSPS) is 16.4. The highest BCUT2D eigenvalue weighted by Gasteiger charge is 2.51. The number of hydrogen-bond acceptors (Lipinski definition) is 4. The third-order valence-corrected chi connectivity index (χ3v) is 6.62. The Hall–Kier alpha value is -2.93. The summed E-state index contributed by atoms with van der Waals surface area (Å²) >= 11 is 0. The first-order chi connectivity index (χ1) is 16.1. The molecular formula is C28H32BNO4. The molecule has 0 bridgehead atoms. The third-order valence-electron chi connectivity index (χ3n) is 6.62. The number of anilines is 1. The first kappa shape index (κ1) is 24.2. The predicted molar refractivity (Wildman–Crippen MR) is 136 cm³/mol. The molecule has 0 atom stereocenters. The number of amides is 1. The molecular weight excluding hydrogens is 425 g/mol. The standard InChI is InChI=1S/C28H32BNO4/c1-20-11-14-23(29-33-27(2,3)28(4,5)34-29)17-25(20)26(31)30-24-15-12-22(13-16-24)19-32-18-21-9-7-6-8-10-21/h6-17H,18-19H2,1-5H3,(H,30,31). The van der Waals surface area contributed by atoms with E-state index in [0.717, 1.165) is 27.8 Å². The van der Waals surface area contributed by atoms with Crippen molar-refractivity contribution < 1.29 is 18.8 Å². The summed E-state index contributed by atoms with van der Waals surface area (Å²) in [7, 11) is -0.507. The fourth-order valence-electron chi connectivity index (χ4n) is 3.75. The summed E-state index contributed by atoms with van der Waals surface area (Å²) in [6.45, 7) is 11.1. The van der Waals surface area contributed by atoms with Gasteiger partial charge in [0.1, 0.15) is 0 Å². The van der Waals surface area contributed by atoms with E-state index < -0.39 is 18.3 Å². The lowest BCUT2D eigenvalue weighted by atomic mass is 9.77. The van der Waals surface area contributed by atoms with Crippen molar-refractivity contribution in [3.05, 3.63) is 95.1 Å². The summed E-state index contributed by atoms with van der Waals surface area (Å²) < 4.78 is 18.1. The van der Waals surface area contributed by atoms with E-state index in [4.69, 9.17) is 14.0 Å². The van der Waals surface area contributed by atoms with Gasteiger partial charge in [-0.25, -0.2) is 0 Å². The predicted octanol–water partition coefficient (Wildman–Crippen LogP) is 5.26. The zero-order chi connectivity index (χ0) is 24.3. The van der Waals surface area contributed by atoms with Crippen LogP contribution in [0, 0.1) is 6.92 Å². The summed E-state index contributed by atoms with van der Waals surface area (Å²) in [5.41, 5.74) is 4.39. The van der Waals surface area contributed by atoms with E-state index in [9.17, 15) is 4.79 Å². The molecule has 1 aliphatic rings. The van der Waals surface area contributed by atoms with Crippen LogP contribution in [0.3, 0.4) is 0 Å². The van der Waals surface area contributed by atoms with Crippen molar-refractivity contribution in [1.29, 1.82) is 0 Å². The van der Waals surface area contributed by atoms with Crippen LogP contribution in [0.4, 0.5) is 5.69 Å². The molecule has 0 radical (unpaired) electrons. The number of ether oxygens (including phenoxy) is 1. The first-order valence-electron chi connectivity index (χ1n) is 11.6. The van der Waals surface area contributed by atoms with Gasteiger partial charge in [0.2, 0.25) is 0 Å². The van der Waals surface area contributed by atoms with Crippen LogP contribution in [-0.4, -0.2) is 24.2 Å². The van der Waals surface area contributed by atoms with Crippen molar-refractivity contribution >= 4 is 24.2 Å². The molecule has 34 heavy (non-hydrogen) atoms. The van der Waals surface area contributed by atoms with Gasteiger partial charge in [0.15, 0.2) is 0 Å². The molecule has 1 amide bonds. The minimum Gasteiger partial charge on any atom is -0.399 e. The Morgan fingerprint density at radius 3 is 2.06 bits per heavy atom. The first-order valence-corrected chi connectivity index (χ1v) is 11.6. The maximum atomic E-state index is 13.1. The van der Waals surface area contributed by atoms with Gasteiger partial charge in [0.05, 0.1) is 24.4 Å². The summed E-state index contributed by atoms with van der Waals surface area (Å²) in [6.07, 6.45) is 0. The van der Waals surface area contributed by atoms with Crippen LogP contribution in [-0.2, 0) is 27.3 Å². The minimum absolute atomic E-state index is 0.163. The molecule has 1 heterocycles. The van der Waals surface area contributed by atoms with E-state index in [0.29, 0.717) is 18.8 Å². The number of carbonyl (C=O) groups is 1. The molecule has 6 heteroatoms. The fraction of sp³-hybridized carbons (Fsp3) is 0.321. The number of carbonyl (C=O) groups excluding carboxylic acids is 1. The van der Waals surface area contributed by atoms with E-state index in [1.165, 1.54) is 0 Å². The Labute approximate surface area is 202 Å². The van der Waals surface area contributed by atoms with Gasteiger partial charge in [-0.2, -0.15) is 0 Å². The lowest BCUT2D eigenvalue weighted by Crippen LogP contribution is -2.41. The number of aryl methyl sites for hydroxylation is 1. The van der Waals surface area contributed by atoms with E-state index >= 15 is 0 Å². The van der Waals surface area contributed by atoms with Gasteiger partial charge < -0.3 is 19.4 Å². The maximum Gasteiger partial charge on any atom is 0.494 e.